The summed E-state index contributed by atoms with van der Waals surface area (Å²) in [6.45, 7) is 4.52. The van der Waals surface area contributed by atoms with Crippen LogP contribution in [-0.2, 0) is 9.59 Å². The summed E-state index contributed by atoms with van der Waals surface area (Å²) in [7, 11) is 0. The summed E-state index contributed by atoms with van der Waals surface area (Å²) >= 11 is 0. The summed E-state index contributed by atoms with van der Waals surface area (Å²) in [5.74, 6) is 0.392. The highest BCUT2D eigenvalue weighted by Crippen LogP contribution is 2.17. The first-order valence-corrected chi connectivity index (χ1v) is 9.26. The van der Waals surface area contributed by atoms with Gasteiger partial charge >= 0.3 is 0 Å². The summed E-state index contributed by atoms with van der Waals surface area (Å²) in [6.07, 6.45) is 8.09. The van der Waals surface area contributed by atoms with Gasteiger partial charge in [-0.15, -0.1) is 12.4 Å². The van der Waals surface area contributed by atoms with Gasteiger partial charge in [0.2, 0.25) is 11.8 Å². The first kappa shape index (κ1) is 19.5. The summed E-state index contributed by atoms with van der Waals surface area (Å²) in [6, 6.07) is 0.406. The molecule has 2 saturated heterocycles. The Morgan fingerprint density at radius 3 is 2.29 bits per heavy atom. The minimum absolute atomic E-state index is 0. The standard InChI is InChI=1S/C17H30N4O2.ClH/c22-16(19-14-5-2-1-3-6-14)13-20-9-11-21(12-10-20)17(23)15-7-4-8-18-15;/h14-15,18H,1-13H2,(H,19,22);1H/t15-;/m0./s1. The average Bonchev–Trinajstić information content (AvgIpc) is 3.10. The highest BCUT2D eigenvalue weighted by molar-refractivity contribution is 5.85. The minimum atomic E-state index is 0. The molecule has 2 aliphatic heterocycles. The summed E-state index contributed by atoms with van der Waals surface area (Å²) in [5.41, 5.74) is 0. The molecule has 0 aromatic heterocycles. The van der Waals surface area contributed by atoms with Crippen molar-refractivity contribution in [3.8, 4) is 0 Å². The van der Waals surface area contributed by atoms with E-state index in [2.05, 4.69) is 15.5 Å². The molecule has 3 aliphatic rings. The maximum absolute atomic E-state index is 12.4. The third kappa shape index (κ3) is 5.33. The second kappa shape index (κ2) is 9.59. The predicted molar refractivity (Wildman–Crippen MR) is 96.3 cm³/mol. The summed E-state index contributed by atoms with van der Waals surface area (Å²) < 4.78 is 0. The highest BCUT2D eigenvalue weighted by atomic mass is 35.5. The Morgan fingerprint density at radius 1 is 0.958 bits per heavy atom. The van der Waals surface area contributed by atoms with Crippen LogP contribution in [0, 0.1) is 0 Å². The normalized spacial score (nSPS) is 26.0. The van der Waals surface area contributed by atoms with Crippen LogP contribution in [0.3, 0.4) is 0 Å². The summed E-state index contributed by atoms with van der Waals surface area (Å²) in [5, 5.41) is 6.45. The summed E-state index contributed by atoms with van der Waals surface area (Å²) in [4.78, 5) is 28.6. The molecule has 3 rings (SSSR count). The second-order valence-electron chi connectivity index (χ2n) is 7.15. The zero-order chi connectivity index (χ0) is 16.1. The van der Waals surface area contributed by atoms with E-state index in [0.29, 0.717) is 12.6 Å². The minimum Gasteiger partial charge on any atom is -0.352 e. The first-order chi connectivity index (χ1) is 11.2. The Labute approximate surface area is 151 Å². The molecular weight excluding hydrogens is 328 g/mol. The molecule has 7 heteroatoms. The van der Waals surface area contributed by atoms with E-state index in [1.54, 1.807) is 0 Å². The van der Waals surface area contributed by atoms with Gasteiger partial charge in [-0.25, -0.2) is 0 Å². The van der Waals surface area contributed by atoms with E-state index >= 15 is 0 Å². The van der Waals surface area contributed by atoms with Gasteiger partial charge in [-0.1, -0.05) is 19.3 Å². The van der Waals surface area contributed by atoms with Gasteiger partial charge in [-0.05, 0) is 32.2 Å². The van der Waals surface area contributed by atoms with Crippen molar-refractivity contribution in [1.29, 1.82) is 0 Å². The van der Waals surface area contributed by atoms with Crippen LogP contribution in [0.4, 0.5) is 0 Å². The number of carbonyl (C=O) groups is 2. The van der Waals surface area contributed by atoms with Gasteiger partial charge in [0.05, 0.1) is 12.6 Å². The van der Waals surface area contributed by atoms with Crippen LogP contribution in [0.1, 0.15) is 44.9 Å². The van der Waals surface area contributed by atoms with E-state index in [1.165, 1.54) is 19.3 Å². The molecule has 2 amide bonds. The average molecular weight is 359 g/mol. The predicted octanol–water partition coefficient (Wildman–Crippen LogP) is 0.753. The lowest BCUT2D eigenvalue weighted by molar-refractivity contribution is -0.135. The maximum Gasteiger partial charge on any atom is 0.239 e. The Kier molecular flexibility index (Phi) is 7.78. The number of hydrogen-bond acceptors (Lipinski definition) is 4. The van der Waals surface area contributed by atoms with E-state index in [-0.39, 0.29) is 30.3 Å². The Balaban J connectivity index is 0.00000208. The number of amides is 2. The van der Waals surface area contributed by atoms with Crippen LogP contribution in [-0.4, -0.2) is 73.0 Å². The fraction of sp³-hybridized carbons (Fsp3) is 0.882. The number of hydrogen-bond donors (Lipinski definition) is 2. The lowest BCUT2D eigenvalue weighted by Gasteiger charge is -2.36. The Bertz CT molecular complexity index is 415. The van der Waals surface area contributed by atoms with Crippen LogP contribution in [0.15, 0.2) is 0 Å². The Hall–Kier alpha value is -0.850. The van der Waals surface area contributed by atoms with Gasteiger partial charge in [0.25, 0.3) is 0 Å². The van der Waals surface area contributed by atoms with Gasteiger partial charge in [-0.2, -0.15) is 0 Å². The molecule has 24 heavy (non-hydrogen) atoms. The van der Waals surface area contributed by atoms with Crippen molar-refractivity contribution >= 4 is 24.2 Å². The van der Waals surface area contributed by atoms with E-state index in [9.17, 15) is 9.59 Å². The molecule has 1 aliphatic carbocycles. The van der Waals surface area contributed by atoms with Crippen molar-refractivity contribution in [3.05, 3.63) is 0 Å². The maximum atomic E-state index is 12.4. The van der Waals surface area contributed by atoms with Crippen molar-refractivity contribution in [2.45, 2.75) is 57.0 Å². The molecule has 2 heterocycles. The molecule has 1 saturated carbocycles. The topological polar surface area (TPSA) is 64.7 Å². The molecule has 0 spiro atoms. The quantitative estimate of drug-likeness (QED) is 0.778. The SMILES string of the molecule is Cl.O=C(CN1CCN(C(=O)[C@@H]2CCCN2)CC1)NC1CCCCC1. The highest BCUT2D eigenvalue weighted by Gasteiger charge is 2.29. The number of nitrogens with zero attached hydrogens (tertiary/aromatic N) is 2. The molecule has 0 aromatic rings. The smallest absolute Gasteiger partial charge is 0.239 e. The molecule has 138 valence electrons. The number of halogens is 1. The van der Waals surface area contributed by atoms with Crippen LogP contribution < -0.4 is 10.6 Å². The van der Waals surface area contributed by atoms with Crippen molar-refractivity contribution in [3.63, 3.8) is 0 Å². The number of rotatable bonds is 4. The fourth-order valence-electron chi connectivity index (χ4n) is 3.97. The molecular formula is C17H31ClN4O2. The number of piperazine rings is 1. The zero-order valence-electron chi connectivity index (χ0n) is 14.5. The molecule has 0 bridgehead atoms. The molecule has 3 fully saturated rings. The first-order valence-electron chi connectivity index (χ1n) is 9.26. The van der Waals surface area contributed by atoms with Gasteiger partial charge in [0, 0.05) is 32.2 Å². The number of nitrogens with one attached hydrogen (secondary N) is 2. The molecule has 0 radical (unpaired) electrons. The van der Waals surface area contributed by atoms with Crippen molar-refractivity contribution in [2.24, 2.45) is 0 Å². The molecule has 0 unspecified atom stereocenters. The fourth-order valence-corrected chi connectivity index (χ4v) is 3.97. The molecule has 6 nitrogen and oxygen atoms in total. The monoisotopic (exact) mass is 358 g/mol. The van der Waals surface area contributed by atoms with Gasteiger partial charge in [-0.3, -0.25) is 14.5 Å². The molecule has 0 aromatic carbocycles. The van der Waals surface area contributed by atoms with E-state index in [1.807, 2.05) is 4.90 Å². The lowest BCUT2D eigenvalue weighted by atomic mass is 9.95. The van der Waals surface area contributed by atoms with E-state index in [4.69, 9.17) is 0 Å². The third-order valence-corrected chi connectivity index (χ3v) is 5.38. The van der Waals surface area contributed by atoms with Crippen LogP contribution >= 0.6 is 12.4 Å². The third-order valence-electron chi connectivity index (χ3n) is 5.38. The van der Waals surface area contributed by atoms with Crippen LogP contribution in [0.25, 0.3) is 0 Å². The van der Waals surface area contributed by atoms with Crippen molar-refractivity contribution < 1.29 is 9.59 Å². The largest absolute Gasteiger partial charge is 0.352 e. The van der Waals surface area contributed by atoms with Crippen LogP contribution in [0.2, 0.25) is 0 Å². The van der Waals surface area contributed by atoms with Crippen LogP contribution in [0.5, 0.6) is 0 Å². The van der Waals surface area contributed by atoms with Gasteiger partial charge < -0.3 is 15.5 Å². The van der Waals surface area contributed by atoms with Gasteiger partial charge in [0.15, 0.2) is 0 Å². The van der Waals surface area contributed by atoms with Gasteiger partial charge in [0.1, 0.15) is 0 Å². The zero-order valence-corrected chi connectivity index (χ0v) is 15.3. The molecule has 2 N–H and O–H groups in total. The second-order valence-corrected chi connectivity index (χ2v) is 7.15. The van der Waals surface area contributed by atoms with E-state index in [0.717, 1.165) is 58.4 Å². The van der Waals surface area contributed by atoms with Crippen molar-refractivity contribution in [2.75, 3.05) is 39.3 Å². The molecule has 1 atom stereocenters. The van der Waals surface area contributed by atoms with Crippen molar-refractivity contribution in [1.82, 2.24) is 20.4 Å². The van der Waals surface area contributed by atoms with E-state index < -0.39 is 0 Å². The number of carbonyl (C=O) groups excluding carboxylic acids is 2. The Morgan fingerprint density at radius 2 is 1.67 bits per heavy atom. The lowest BCUT2D eigenvalue weighted by Crippen LogP contribution is -2.54.